The molecule has 4 N–H and O–H groups in total. The molecule has 0 aromatic carbocycles. The molecular weight excluding hydrogens is 558 g/mol. The van der Waals surface area contributed by atoms with Gasteiger partial charge in [-0.1, -0.05) is 186 Å². The van der Waals surface area contributed by atoms with Gasteiger partial charge in [-0.2, -0.15) is 0 Å². The van der Waals surface area contributed by atoms with E-state index in [1.54, 1.807) is 6.08 Å². The predicted octanol–water partition coefficient (Wildman–Crippen LogP) is 10.7. The van der Waals surface area contributed by atoms with Gasteiger partial charge in [-0.25, -0.2) is 0 Å². The Morgan fingerprint density at radius 2 is 0.956 bits per heavy atom. The van der Waals surface area contributed by atoms with Crippen molar-refractivity contribution in [2.45, 2.75) is 218 Å². The van der Waals surface area contributed by atoms with E-state index in [-0.39, 0.29) is 18.9 Å². The van der Waals surface area contributed by atoms with E-state index >= 15 is 0 Å². The third-order valence-electron chi connectivity index (χ3n) is 8.99. The van der Waals surface area contributed by atoms with Gasteiger partial charge in [0.2, 0.25) is 5.91 Å². The van der Waals surface area contributed by atoms with Gasteiger partial charge in [0.25, 0.3) is 0 Å². The highest BCUT2D eigenvalue weighted by Gasteiger charge is 2.20. The molecule has 0 saturated heterocycles. The van der Waals surface area contributed by atoms with Gasteiger partial charge in [0, 0.05) is 0 Å². The van der Waals surface area contributed by atoms with Crippen molar-refractivity contribution in [2.75, 3.05) is 6.61 Å². The molecule has 5 heteroatoms. The van der Waals surface area contributed by atoms with Crippen molar-refractivity contribution in [3.05, 3.63) is 24.3 Å². The van der Waals surface area contributed by atoms with E-state index in [4.69, 9.17) is 0 Å². The van der Waals surface area contributed by atoms with Gasteiger partial charge in [-0.3, -0.25) is 4.79 Å². The van der Waals surface area contributed by atoms with Crippen LogP contribution in [0, 0.1) is 0 Å². The second-order valence-corrected chi connectivity index (χ2v) is 13.5. The number of rotatable bonds is 35. The second kappa shape index (κ2) is 35.7. The van der Waals surface area contributed by atoms with Crippen LogP contribution in [0.5, 0.6) is 0 Å². The third-order valence-corrected chi connectivity index (χ3v) is 8.99. The quantitative estimate of drug-likeness (QED) is 0.0412. The fourth-order valence-corrected chi connectivity index (χ4v) is 5.94. The Balaban J connectivity index is 3.75. The fraction of sp³-hybridized carbons (Fsp3) is 0.875. The molecule has 0 aliphatic rings. The smallest absolute Gasteiger partial charge is 0.222 e. The molecule has 0 saturated carbocycles. The maximum Gasteiger partial charge on any atom is 0.222 e. The zero-order valence-corrected chi connectivity index (χ0v) is 30.0. The van der Waals surface area contributed by atoms with Gasteiger partial charge in [0.05, 0.1) is 31.3 Å². The zero-order valence-electron chi connectivity index (χ0n) is 30.0. The number of carbonyl (C=O) groups excluding carboxylic acids is 1. The predicted molar refractivity (Wildman–Crippen MR) is 195 cm³/mol. The second-order valence-electron chi connectivity index (χ2n) is 13.5. The maximum atomic E-state index is 12.4. The van der Waals surface area contributed by atoms with E-state index in [1.165, 1.54) is 141 Å². The molecule has 5 nitrogen and oxygen atoms in total. The molecule has 3 atom stereocenters. The maximum absolute atomic E-state index is 12.4. The Bertz CT molecular complexity index is 665. The Hall–Kier alpha value is -1.17. The minimum Gasteiger partial charge on any atom is -0.394 e. The van der Waals surface area contributed by atoms with E-state index < -0.39 is 18.2 Å². The van der Waals surface area contributed by atoms with Crippen molar-refractivity contribution < 1.29 is 20.1 Å². The van der Waals surface area contributed by atoms with Crippen molar-refractivity contribution in [1.29, 1.82) is 0 Å². The number of unbranched alkanes of at least 4 members (excludes halogenated alkanes) is 24. The lowest BCUT2D eigenvalue weighted by molar-refractivity contribution is -0.124. The normalized spacial score (nSPS) is 14.0. The summed E-state index contributed by atoms with van der Waals surface area (Å²) in [6.07, 6.45) is 41.7. The number of allylic oxidation sites excluding steroid dienone is 3. The molecule has 0 fully saturated rings. The van der Waals surface area contributed by atoms with Crippen LogP contribution in [0.25, 0.3) is 0 Å². The first-order valence-corrected chi connectivity index (χ1v) is 19.6. The summed E-state index contributed by atoms with van der Waals surface area (Å²) in [5.41, 5.74) is 0. The first-order chi connectivity index (χ1) is 22.0. The Kier molecular flexibility index (Phi) is 34.8. The molecule has 0 spiro atoms. The lowest BCUT2D eigenvalue weighted by atomic mass is 10.0. The van der Waals surface area contributed by atoms with Crippen molar-refractivity contribution in [3.8, 4) is 0 Å². The van der Waals surface area contributed by atoms with E-state index in [1.807, 2.05) is 6.08 Å². The lowest BCUT2D eigenvalue weighted by Crippen LogP contribution is -2.45. The number of aliphatic hydroxyl groups excluding tert-OH is 3. The van der Waals surface area contributed by atoms with Crippen LogP contribution in [0.1, 0.15) is 200 Å². The van der Waals surface area contributed by atoms with E-state index in [9.17, 15) is 20.1 Å². The number of amides is 1. The molecule has 0 radical (unpaired) electrons. The summed E-state index contributed by atoms with van der Waals surface area (Å²) in [4.78, 5) is 12.4. The van der Waals surface area contributed by atoms with Crippen LogP contribution < -0.4 is 5.32 Å². The highest BCUT2D eigenvalue weighted by Crippen LogP contribution is 2.15. The molecule has 0 aliphatic heterocycles. The average Bonchev–Trinajstić information content (AvgIpc) is 3.03. The molecule has 3 unspecified atom stereocenters. The minimum atomic E-state index is -0.947. The molecule has 0 bridgehead atoms. The SMILES string of the molecule is CCCCCCCCCCCCCC/C=C/CC/C=C/C(O)C(CO)NC(=O)CC(O)CCCCCCCCCCCCCC. The summed E-state index contributed by atoms with van der Waals surface area (Å²) in [5, 5.41) is 33.0. The van der Waals surface area contributed by atoms with Crippen LogP contribution in [0.3, 0.4) is 0 Å². The standard InChI is InChI=1S/C40H77NO4/c1-3-5-7-9-11-13-15-17-18-19-20-21-22-24-26-28-30-32-34-39(44)38(36-42)41-40(45)35-37(43)33-31-29-27-25-23-16-14-12-10-8-6-4-2/h24,26,32,34,37-39,42-44H,3-23,25,27-31,33,35-36H2,1-2H3,(H,41,45)/b26-24+,34-32+. The summed E-state index contributed by atoms with van der Waals surface area (Å²) in [6, 6.07) is -0.756. The molecule has 0 rings (SSSR count). The van der Waals surface area contributed by atoms with Crippen LogP contribution in [-0.2, 0) is 4.79 Å². The Labute approximate surface area is 280 Å². The van der Waals surface area contributed by atoms with Gasteiger partial charge < -0.3 is 20.6 Å². The van der Waals surface area contributed by atoms with Crippen LogP contribution in [0.15, 0.2) is 24.3 Å². The highest BCUT2D eigenvalue weighted by molar-refractivity contribution is 5.76. The third kappa shape index (κ3) is 32.6. The molecule has 1 amide bonds. The number of hydrogen-bond donors (Lipinski definition) is 4. The van der Waals surface area contributed by atoms with Crippen molar-refractivity contribution in [2.24, 2.45) is 0 Å². The van der Waals surface area contributed by atoms with Gasteiger partial charge in [-0.15, -0.1) is 0 Å². The average molecular weight is 636 g/mol. The lowest BCUT2D eigenvalue weighted by Gasteiger charge is -2.21. The fourth-order valence-electron chi connectivity index (χ4n) is 5.94. The number of carbonyl (C=O) groups is 1. The first-order valence-electron chi connectivity index (χ1n) is 19.6. The molecule has 0 heterocycles. The summed E-state index contributed by atoms with van der Waals surface area (Å²) in [5.74, 6) is -0.325. The van der Waals surface area contributed by atoms with Gasteiger partial charge in [0.1, 0.15) is 0 Å². The van der Waals surface area contributed by atoms with E-state index in [0.717, 1.165) is 32.1 Å². The molecule has 266 valence electrons. The van der Waals surface area contributed by atoms with Gasteiger partial charge in [-0.05, 0) is 32.1 Å². The molecular formula is C40H77NO4. The molecule has 0 aliphatic carbocycles. The number of hydrogen-bond acceptors (Lipinski definition) is 4. The van der Waals surface area contributed by atoms with Crippen LogP contribution in [-0.4, -0.2) is 46.1 Å². The molecule has 0 aromatic heterocycles. The zero-order chi connectivity index (χ0) is 33.1. The van der Waals surface area contributed by atoms with Crippen molar-refractivity contribution in [3.63, 3.8) is 0 Å². The van der Waals surface area contributed by atoms with E-state index in [2.05, 4.69) is 31.3 Å². The minimum absolute atomic E-state index is 0.00888. The molecule has 45 heavy (non-hydrogen) atoms. The topological polar surface area (TPSA) is 89.8 Å². The number of nitrogens with one attached hydrogen (secondary N) is 1. The van der Waals surface area contributed by atoms with Crippen molar-refractivity contribution in [1.82, 2.24) is 5.32 Å². The Morgan fingerprint density at radius 3 is 1.42 bits per heavy atom. The van der Waals surface area contributed by atoms with Crippen molar-refractivity contribution >= 4 is 5.91 Å². The highest BCUT2D eigenvalue weighted by atomic mass is 16.3. The van der Waals surface area contributed by atoms with Gasteiger partial charge >= 0.3 is 0 Å². The summed E-state index contributed by atoms with van der Waals surface area (Å²) in [7, 11) is 0. The summed E-state index contributed by atoms with van der Waals surface area (Å²) < 4.78 is 0. The Morgan fingerprint density at radius 1 is 0.556 bits per heavy atom. The van der Waals surface area contributed by atoms with Crippen LogP contribution >= 0.6 is 0 Å². The molecule has 0 aromatic rings. The monoisotopic (exact) mass is 636 g/mol. The summed E-state index contributed by atoms with van der Waals surface area (Å²) in [6.45, 7) is 4.19. The van der Waals surface area contributed by atoms with Gasteiger partial charge in [0.15, 0.2) is 0 Å². The summed E-state index contributed by atoms with van der Waals surface area (Å²) >= 11 is 0. The van der Waals surface area contributed by atoms with Crippen LogP contribution in [0.4, 0.5) is 0 Å². The first kappa shape index (κ1) is 43.8. The number of aliphatic hydroxyl groups is 3. The largest absolute Gasteiger partial charge is 0.394 e. The van der Waals surface area contributed by atoms with Crippen LogP contribution in [0.2, 0.25) is 0 Å². The van der Waals surface area contributed by atoms with E-state index in [0.29, 0.717) is 6.42 Å².